The Balaban J connectivity index is 1.65. The van der Waals surface area contributed by atoms with Crippen LogP contribution < -0.4 is 4.74 Å². The Labute approximate surface area is 107 Å². The Morgan fingerprint density at radius 1 is 1.44 bits per heavy atom. The van der Waals surface area contributed by atoms with Gasteiger partial charge < -0.3 is 14.4 Å². The minimum atomic E-state index is -0.0764. The standard InChI is InChI=1S/C14H19NO3/c1-12-15(9-11-17-12)14(16)8-5-10-18-13-6-3-2-4-7-13/h2-4,6-7,12H,5,8-11H2,1H3. The smallest absolute Gasteiger partial charge is 0.224 e. The zero-order valence-corrected chi connectivity index (χ0v) is 10.7. The molecule has 98 valence electrons. The van der Waals surface area contributed by atoms with Crippen LogP contribution in [0.2, 0.25) is 0 Å². The second-order valence-corrected chi connectivity index (χ2v) is 4.32. The van der Waals surface area contributed by atoms with E-state index in [0.717, 1.165) is 12.2 Å². The SMILES string of the molecule is CC1OCCN1C(=O)CCCOc1ccccc1. The van der Waals surface area contributed by atoms with Crippen molar-refractivity contribution in [2.45, 2.75) is 26.0 Å². The number of nitrogens with zero attached hydrogens (tertiary/aromatic N) is 1. The van der Waals surface area contributed by atoms with Gasteiger partial charge in [0.2, 0.25) is 5.91 Å². The highest BCUT2D eigenvalue weighted by Crippen LogP contribution is 2.12. The number of hydrogen-bond donors (Lipinski definition) is 0. The topological polar surface area (TPSA) is 38.8 Å². The van der Waals surface area contributed by atoms with Crippen molar-refractivity contribution in [1.82, 2.24) is 4.90 Å². The first-order valence-corrected chi connectivity index (χ1v) is 6.36. The van der Waals surface area contributed by atoms with Crippen LogP contribution in [0.25, 0.3) is 0 Å². The number of carbonyl (C=O) groups is 1. The number of hydrogen-bond acceptors (Lipinski definition) is 3. The van der Waals surface area contributed by atoms with E-state index in [0.29, 0.717) is 26.2 Å². The molecular weight excluding hydrogens is 230 g/mol. The summed E-state index contributed by atoms with van der Waals surface area (Å²) in [5, 5.41) is 0. The average molecular weight is 249 g/mol. The molecule has 18 heavy (non-hydrogen) atoms. The van der Waals surface area contributed by atoms with Crippen molar-refractivity contribution in [3.05, 3.63) is 30.3 Å². The molecule has 0 N–H and O–H groups in total. The maximum atomic E-state index is 11.9. The number of benzene rings is 1. The summed E-state index contributed by atoms with van der Waals surface area (Å²) >= 11 is 0. The summed E-state index contributed by atoms with van der Waals surface area (Å²) in [4.78, 5) is 13.6. The Hall–Kier alpha value is -1.55. The Bertz CT molecular complexity index is 380. The van der Waals surface area contributed by atoms with Crippen LogP contribution in [0.5, 0.6) is 5.75 Å². The molecule has 0 radical (unpaired) electrons. The van der Waals surface area contributed by atoms with Crippen LogP contribution in [0, 0.1) is 0 Å². The number of carbonyl (C=O) groups excluding carboxylic acids is 1. The van der Waals surface area contributed by atoms with Crippen LogP contribution in [0.4, 0.5) is 0 Å². The van der Waals surface area contributed by atoms with Gasteiger partial charge in [-0.25, -0.2) is 0 Å². The normalized spacial score (nSPS) is 18.9. The number of rotatable bonds is 5. The van der Waals surface area contributed by atoms with Crippen molar-refractivity contribution in [3.63, 3.8) is 0 Å². The predicted molar refractivity (Wildman–Crippen MR) is 68.3 cm³/mol. The van der Waals surface area contributed by atoms with Gasteiger partial charge in [0.1, 0.15) is 12.0 Å². The fourth-order valence-electron chi connectivity index (χ4n) is 1.99. The first kappa shape index (κ1) is 12.9. The Kier molecular flexibility index (Phi) is 4.59. The number of amides is 1. The van der Waals surface area contributed by atoms with Gasteiger partial charge in [-0.2, -0.15) is 0 Å². The van der Waals surface area contributed by atoms with E-state index in [-0.39, 0.29) is 12.1 Å². The molecule has 1 aromatic rings. The van der Waals surface area contributed by atoms with Crippen LogP contribution in [0.3, 0.4) is 0 Å². The zero-order valence-electron chi connectivity index (χ0n) is 10.7. The molecule has 1 fully saturated rings. The van der Waals surface area contributed by atoms with Gasteiger partial charge in [0.15, 0.2) is 0 Å². The first-order chi connectivity index (χ1) is 8.77. The highest BCUT2D eigenvalue weighted by atomic mass is 16.5. The first-order valence-electron chi connectivity index (χ1n) is 6.36. The van der Waals surface area contributed by atoms with Crippen molar-refractivity contribution in [2.75, 3.05) is 19.8 Å². The second-order valence-electron chi connectivity index (χ2n) is 4.32. The summed E-state index contributed by atoms with van der Waals surface area (Å²) in [6.45, 7) is 3.83. The van der Waals surface area contributed by atoms with Crippen LogP contribution in [-0.4, -0.2) is 36.8 Å². The van der Waals surface area contributed by atoms with Gasteiger partial charge in [-0.15, -0.1) is 0 Å². The molecule has 1 aliphatic rings. The van der Waals surface area contributed by atoms with E-state index in [2.05, 4.69) is 0 Å². The highest BCUT2D eigenvalue weighted by molar-refractivity contribution is 5.76. The van der Waals surface area contributed by atoms with E-state index >= 15 is 0 Å². The van der Waals surface area contributed by atoms with Crippen molar-refractivity contribution < 1.29 is 14.3 Å². The quantitative estimate of drug-likeness (QED) is 0.750. The summed E-state index contributed by atoms with van der Waals surface area (Å²) in [7, 11) is 0. The van der Waals surface area contributed by atoms with E-state index in [1.165, 1.54) is 0 Å². The van der Waals surface area contributed by atoms with E-state index in [9.17, 15) is 4.79 Å². The zero-order chi connectivity index (χ0) is 12.8. The molecule has 1 aromatic carbocycles. The third kappa shape index (κ3) is 3.47. The predicted octanol–water partition coefficient (Wildman–Crippen LogP) is 2.05. The van der Waals surface area contributed by atoms with Crippen molar-refractivity contribution in [1.29, 1.82) is 0 Å². The lowest BCUT2D eigenvalue weighted by atomic mass is 10.3. The molecule has 2 rings (SSSR count). The number of para-hydroxylation sites is 1. The second kappa shape index (κ2) is 6.40. The van der Waals surface area contributed by atoms with E-state index in [1.54, 1.807) is 4.90 Å². The lowest BCUT2D eigenvalue weighted by Crippen LogP contribution is -2.34. The minimum Gasteiger partial charge on any atom is -0.494 e. The Morgan fingerprint density at radius 2 is 2.22 bits per heavy atom. The van der Waals surface area contributed by atoms with Crippen LogP contribution in [0.15, 0.2) is 30.3 Å². The molecule has 1 unspecified atom stereocenters. The molecule has 1 heterocycles. The van der Waals surface area contributed by atoms with Crippen LogP contribution in [0.1, 0.15) is 19.8 Å². The van der Waals surface area contributed by atoms with E-state index in [1.807, 2.05) is 37.3 Å². The van der Waals surface area contributed by atoms with Crippen molar-refractivity contribution >= 4 is 5.91 Å². The molecule has 1 saturated heterocycles. The average Bonchev–Trinajstić information content (AvgIpc) is 2.82. The highest BCUT2D eigenvalue weighted by Gasteiger charge is 2.24. The molecule has 0 spiro atoms. The third-order valence-electron chi connectivity index (χ3n) is 3.00. The molecule has 0 aromatic heterocycles. The lowest BCUT2D eigenvalue weighted by molar-refractivity contribution is -0.135. The summed E-state index contributed by atoms with van der Waals surface area (Å²) in [5.74, 6) is 1.000. The molecular formula is C14H19NO3. The monoisotopic (exact) mass is 249 g/mol. The van der Waals surface area contributed by atoms with Crippen LogP contribution in [-0.2, 0) is 9.53 Å². The number of ether oxygens (including phenoxy) is 2. The molecule has 1 amide bonds. The minimum absolute atomic E-state index is 0.0764. The van der Waals surface area contributed by atoms with E-state index < -0.39 is 0 Å². The van der Waals surface area contributed by atoms with Crippen molar-refractivity contribution in [2.24, 2.45) is 0 Å². The Morgan fingerprint density at radius 3 is 2.89 bits per heavy atom. The molecule has 4 nitrogen and oxygen atoms in total. The largest absolute Gasteiger partial charge is 0.494 e. The summed E-state index contributed by atoms with van der Waals surface area (Å²) in [5.41, 5.74) is 0. The van der Waals surface area contributed by atoms with Gasteiger partial charge in [-0.3, -0.25) is 4.79 Å². The third-order valence-corrected chi connectivity index (χ3v) is 3.00. The van der Waals surface area contributed by atoms with Crippen LogP contribution >= 0.6 is 0 Å². The summed E-state index contributed by atoms with van der Waals surface area (Å²) in [6, 6.07) is 9.65. The maximum absolute atomic E-state index is 11.9. The molecule has 1 aliphatic heterocycles. The molecule has 0 aliphatic carbocycles. The van der Waals surface area contributed by atoms with Crippen molar-refractivity contribution in [3.8, 4) is 5.75 Å². The van der Waals surface area contributed by atoms with Gasteiger partial charge >= 0.3 is 0 Å². The summed E-state index contributed by atoms with van der Waals surface area (Å²) in [6.07, 6.45) is 1.17. The fourth-order valence-corrected chi connectivity index (χ4v) is 1.99. The van der Waals surface area contributed by atoms with Gasteiger partial charge in [0.05, 0.1) is 13.2 Å². The maximum Gasteiger partial charge on any atom is 0.224 e. The van der Waals surface area contributed by atoms with Gasteiger partial charge in [-0.1, -0.05) is 18.2 Å². The molecule has 0 saturated carbocycles. The molecule has 1 atom stereocenters. The molecule has 4 heteroatoms. The van der Waals surface area contributed by atoms with Gasteiger partial charge in [0.25, 0.3) is 0 Å². The summed E-state index contributed by atoms with van der Waals surface area (Å²) < 4.78 is 10.9. The van der Waals surface area contributed by atoms with Gasteiger partial charge in [0, 0.05) is 13.0 Å². The lowest BCUT2D eigenvalue weighted by Gasteiger charge is -2.19. The van der Waals surface area contributed by atoms with E-state index in [4.69, 9.17) is 9.47 Å². The fraction of sp³-hybridized carbons (Fsp3) is 0.500. The molecule has 0 bridgehead atoms. The van der Waals surface area contributed by atoms with Gasteiger partial charge in [-0.05, 0) is 25.5 Å².